The van der Waals surface area contributed by atoms with Gasteiger partial charge in [0.1, 0.15) is 0 Å². The molecule has 0 spiro atoms. The molecule has 0 aliphatic carbocycles. The minimum atomic E-state index is 0.191. The fourth-order valence-electron chi connectivity index (χ4n) is 2.03. The summed E-state index contributed by atoms with van der Waals surface area (Å²) in [5.41, 5.74) is 3.09. The first-order valence-electron chi connectivity index (χ1n) is 6.36. The highest BCUT2D eigenvalue weighted by molar-refractivity contribution is 5.61. The highest BCUT2D eigenvalue weighted by Crippen LogP contribution is 2.23. The van der Waals surface area contributed by atoms with E-state index in [4.69, 9.17) is 4.42 Å². The third-order valence-electron chi connectivity index (χ3n) is 3.06. The Morgan fingerprint density at radius 3 is 2.75 bits per heavy atom. The van der Waals surface area contributed by atoms with Crippen LogP contribution in [0.15, 0.2) is 59.6 Å². The van der Waals surface area contributed by atoms with E-state index in [-0.39, 0.29) is 6.04 Å². The van der Waals surface area contributed by atoms with Crippen molar-refractivity contribution in [3.8, 4) is 11.5 Å². The number of anilines is 1. The summed E-state index contributed by atoms with van der Waals surface area (Å²) >= 11 is 0. The molecule has 0 fully saturated rings. The minimum absolute atomic E-state index is 0.191. The zero-order chi connectivity index (χ0) is 13.8. The molecule has 20 heavy (non-hydrogen) atoms. The summed E-state index contributed by atoms with van der Waals surface area (Å²) in [5, 5.41) is 11.0. The van der Waals surface area contributed by atoms with Crippen molar-refractivity contribution in [2.75, 3.05) is 5.32 Å². The third kappa shape index (κ3) is 2.66. The lowest BCUT2D eigenvalue weighted by Gasteiger charge is -2.15. The van der Waals surface area contributed by atoms with Gasteiger partial charge in [0.15, 0.2) is 0 Å². The van der Waals surface area contributed by atoms with Gasteiger partial charge in [-0.1, -0.05) is 6.07 Å². The summed E-state index contributed by atoms with van der Waals surface area (Å²) in [7, 11) is 0. The van der Waals surface area contributed by atoms with E-state index < -0.39 is 0 Å². The Balaban J connectivity index is 1.80. The smallest absolute Gasteiger partial charge is 0.247 e. The van der Waals surface area contributed by atoms with Crippen LogP contribution in [0, 0.1) is 0 Å². The summed E-state index contributed by atoms with van der Waals surface area (Å²) in [6.07, 6.45) is 4.92. The normalized spacial score (nSPS) is 12.1. The van der Waals surface area contributed by atoms with Crippen LogP contribution in [0.2, 0.25) is 0 Å². The molecule has 100 valence electrons. The fourth-order valence-corrected chi connectivity index (χ4v) is 2.03. The summed E-state index contributed by atoms with van der Waals surface area (Å²) in [4.78, 5) is 4.03. The number of nitrogens with zero attached hydrogens (tertiary/aromatic N) is 3. The molecule has 0 aliphatic heterocycles. The van der Waals surface area contributed by atoms with E-state index in [1.807, 2.05) is 36.4 Å². The molecule has 2 heterocycles. The second-order valence-electron chi connectivity index (χ2n) is 4.47. The van der Waals surface area contributed by atoms with Gasteiger partial charge in [-0.2, -0.15) is 0 Å². The summed E-state index contributed by atoms with van der Waals surface area (Å²) in [6, 6.07) is 12.1. The molecule has 5 nitrogen and oxygen atoms in total. The Morgan fingerprint density at radius 1 is 1.15 bits per heavy atom. The average Bonchev–Trinajstić information content (AvgIpc) is 3.03. The topological polar surface area (TPSA) is 63.8 Å². The van der Waals surface area contributed by atoms with Gasteiger partial charge in [0, 0.05) is 29.7 Å². The van der Waals surface area contributed by atoms with Crippen molar-refractivity contribution in [1.82, 2.24) is 15.2 Å². The monoisotopic (exact) mass is 266 g/mol. The minimum Gasteiger partial charge on any atom is -0.423 e. The molecule has 5 heteroatoms. The predicted octanol–water partition coefficient (Wildman–Crippen LogP) is 3.30. The Hall–Kier alpha value is -2.69. The van der Waals surface area contributed by atoms with Crippen LogP contribution in [0.4, 0.5) is 5.69 Å². The first-order valence-corrected chi connectivity index (χ1v) is 6.36. The molecule has 0 saturated carbocycles. The van der Waals surface area contributed by atoms with Crippen molar-refractivity contribution in [2.24, 2.45) is 0 Å². The summed E-state index contributed by atoms with van der Waals surface area (Å²) in [6.45, 7) is 2.11. The van der Waals surface area contributed by atoms with Gasteiger partial charge in [-0.15, -0.1) is 10.2 Å². The number of rotatable bonds is 4. The van der Waals surface area contributed by atoms with Crippen LogP contribution in [0.1, 0.15) is 18.5 Å². The van der Waals surface area contributed by atoms with Crippen molar-refractivity contribution in [3.63, 3.8) is 0 Å². The second kappa shape index (κ2) is 5.52. The van der Waals surface area contributed by atoms with Gasteiger partial charge in [-0.3, -0.25) is 4.98 Å². The first-order chi connectivity index (χ1) is 9.83. The van der Waals surface area contributed by atoms with Gasteiger partial charge < -0.3 is 9.73 Å². The van der Waals surface area contributed by atoms with E-state index in [1.54, 1.807) is 12.4 Å². The highest BCUT2D eigenvalue weighted by Gasteiger charge is 2.07. The Kier molecular flexibility index (Phi) is 3.41. The second-order valence-corrected chi connectivity index (χ2v) is 4.47. The maximum absolute atomic E-state index is 5.21. The summed E-state index contributed by atoms with van der Waals surface area (Å²) < 4.78 is 5.21. The first kappa shape index (κ1) is 12.3. The van der Waals surface area contributed by atoms with E-state index in [2.05, 4.69) is 27.4 Å². The van der Waals surface area contributed by atoms with Gasteiger partial charge in [0.2, 0.25) is 12.3 Å². The molecule has 0 radical (unpaired) electrons. The van der Waals surface area contributed by atoms with Crippen LogP contribution in [0.3, 0.4) is 0 Å². The molecule has 1 unspecified atom stereocenters. The molecule has 3 rings (SSSR count). The summed E-state index contributed by atoms with van der Waals surface area (Å²) in [5.74, 6) is 0.519. The number of hydrogen-bond acceptors (Lipinski definition) is 5. The van der Waals surface area contributed by atoms with Crippen LogP contribution in [0.25, 0.3) is 11.5 Å². The van der Waals surface area contributed by atoms with Crippen LogP contribution in [-0.2, 0) is 0 Å². The average molecular weight is 266 g/mol. The third-order valence-corrected chi connectivity index (χ3v) is 3.06. The Morgan fingerprint density at radius 2 is 2.00 bits per heavy atom. The molecule has 1 aromatic carbocycles. The lowest BCUT2D eigenvalue weighted by molar-refractivity contribution is 0.568. The standard InChI is InChI=1S/C15H14N4O/c1-11(12-5-7-16-8-6-12)18-14-4-2-3-13(9-14)15-19-17-10-20-15/h2-11,18H,1H3. The lowest BCUT2D eigenvalue weighted by atomic mass is 10.1. The molecule has 1 atom stereocenters. The molecule has 0 saturated heterocycles. The van der Waals surface area contributed by atoms with Crippen LogP contribution in [0.5, 0.6) is 0 Å². The molecule has 0 amide bonds. The zero-order valence-electron chi connectivity index (χ0n) is 11.0. The van der Waals surface area contributed by atoms with Crippen molar-refractivity contribution in [2.45, 2.75) is 13.0 Å². The van der Waals surface area contributed by atoms with Crippen molar-refractivity contribution in [3.05, 3.63) is 60.7 Å². The van der Waals surface area contributed by atoms with Crippen LogP contribution < -0.4 is 5.32 Å². The quantitative estimate of drug-likeness (QED) is 0.785. The molecule has 1 N–H and O–H groups in total. The van der Waals surface area contributed by atoms with Gasteiger partial charge >= 0.3 is 0 Å². The van der Waals surface area contributed by atoms with Crippen molar-refractivity contribution >= 4 is 5.69 Å². The SMILES string of the molecule is CC(Nc1cccc(-c2nnco2)c1)c1ccncc1. The van der Waals surface area contributed by atoms with E-state index in [0.29, 0.717) is 5.89 Å². The molecule has 0 aliphatic rings. The van der Waals surface area contributed by atoms with Gasteiger partial charge in [-0.05, 0) is 42.8 Å². The predicted molar refractivity (Wildman–Crippen MR) is 76.0 cm³/mol. The lowest BCUT2D eigenvalue weighted by Crippen LogP contribution is -2.06. The molecular weight excluding hydrogens is 252 g/mol. The van der Waals surface area contributed by atoms with Gasteiger partial charge in [0.05, 0.1) is 0 Å². The van der Waals surface area contributed by atoms with Crippen LogP contribution >= 0.6 is 0 Å². The van der Waals surface area contributed by atoms with E-state index in [0.717, 1.165) is 11.3 Å². The maximum atomic E-state index is 5.21. The molecule has 3 aromatic rings. The molecule has 2 aromatic heterocycles. The highest BCUT2D eigenvalue weighted by atomic mass is 16.4. The fraction of sp³-hybridized carbons (Fsp3) is 0.133. The van der Waals surface area contributed by atoms with E-state index in [1.165, 1.54) is 12.0 Å². The van der Waals surface area contributed by atoms with Gasteiger partial charge in [0.25, 0.3) is 0 Å². The van der Waals surface area contributed by atoms with Crippen molar-refractivity contribution in [1.29, 1.82) is 0 Å². The molecular formula is C15H14N4O. The number of aromatic nitrogens is 3. The van der Waals surface area contributed by atoms with Crippen molar-refractivity contribution < 1.29 is 4.42 Å². The Bertz CT molecular complexity index is 667. The van der Waals surface area contributed by atoms with Crippen LogP contribution in [-0.4, -0.2) is 15.2 Å². The Labute approximate surface area is 116 Å². The number of benzene rings is 1. The van der Waals surface area contributed by atoms with E-state index in [9.17, 15) is 0 Å². The number of hydrogen-bond donors (Lipinski definition) is 1. The van der Waals surface area contributed by atoms with E-state index >= 15 is 0 Å². The number of pyridine rings is 1. The largest absolute Gasteiger partial charge is 0.423 e. The number of nitrogens with one attached hydrogen (secondary N) is 1. The van der Waals surface area contributed by atoms with Gasteiger partial charge in [-0.25, -0.2) is 0 Å². The zero-order valence-corrected chi connectivity index (χ0v) is 11.0. The molecule has 0 bridgehead atoms. The maximum Gasteiger partial charge on any atom is 0.247 e.